The molecule has 2 aromatic rings. The van der Waals surface area contributed by atoms with Crippen molar-refractivity contribution in [3.63, 3.8) is 0 Å². The molecule has 0 aliphatic rings. The molecule has 0 saturated heterocycles. The molecule has 1 atom stereocenters. The van der Waals surface area contributed by atoms with Crippen LogP contribution in [-0.2, 0) is 0 Å². The van der Waals surface area contributed by atoms with E-state index >= 15 is 0 Å². The van der Waals surface area contributed by atoms with Crippen LogP contribution in [0.3, 0.4) is 0 Å². The average Bonchev–Trinajstić information content (AvgIpc) is 2.63. The summed E-state index contributed by atoms with van der Waals surface area (Å²) in [5, 5.41) is 0.695. The van der Waals surface area contributed by atoms with Crippen LogP contribution in [0.15, 0.2) is 30.6 Å². The highest BCUT2D eigenvalue weighted by atomic mass is 35.5. The van der Waals surface area contributed by atoms with Crippen LogP contribution in [0.5, 0.6) is 0 Å². The summed E-state index contributed by atoms with van der Waals surface area (Å²) in [5.74, 6) is 0.935. The lowest BCUT2D eigenvalue weighted by atomic mass is 10.1. The van der Waals surface area contributed by atoms with Crippen molar-refractivity contribution in [3.8, 4) is 5.69 Å². The first-order chi connectivity index (χ1) is 7.59. The van der Waals surface area contributed by atoms with Crippen LogP contribution in [0.1, 0.15) is 24.4 Å². The summed E-state index contributed by atoms with van der Waals surface area (Å²) in [6, 6.07) is 5.82. The zero-order valence-electron chi connectivity index (χ0n) is 9.31. The van der Waals surface area contributed by atoms with E-state index in [1.54, 1.807) is 6.20 Å². The topological polar surface area (TPSA) is 43.8 Å². The standard InChI is InChI=1S/C12H14ClN3/c1-8(14)11-4-3-10(7-12(11)13)16-6-5-15-9(16)2/h3-8H,14H2,1-2H3. The first-order valence-electron chi connectivity index (χ1n) is 5.15. The predicted molar refractivity (Wildman–Crippen MR) is 65.9 cm³/mol. The van der Waals surface area contributed by atoms with E-state index in [2.05, 4.69) is 4.98 Å². The molecule has 0 aliphatic carbocycles. The van der Waals surface area contributed by atoms with Crippen LogP contribution >= 0.6 is 11.6 Å². The zero-order valence-corrected chi connectivity index (χ0v) is 10.1. The smallest absolute Gasteiger partial charge is 0.110 e. The van der Waals surface area contributed by atoms with E-state index in [1.165, 1.54) is 0 Å². The number of nitrogens with zero attached hydrogens (tertiary/aromatic N) is 2. The van der Waals surface area contributed by atoms with Crippen LogP contribution in [0.25, 0.3) is 5.69 Å². The Morgan fingerprint density at radius 3 is 2.69 bits per heavy atom. The molecule has 1 aromatic heterocycles. The molecule has 0 amide bonds. The Morgan fingerprint density at radius 1 is 1.44 bits per heavy atom. The summed E-state index contributed by atoms with van der Waals surface area (Å²) < 4.78 is 1.98. The predicted octanol–water partition coefficient (Wildman–Crippen LogP) is 2.85. The SMILES string of the molecule is Cc1nccn1-c1ccc(C(C)N)c(Cl)c1. The normalized spacial score (nSPS) is 12.8. The molecule has 0 spiro atoms. The van der Waals surface area contributed by atoms with Crippen molar-refractivity contribution in [2.24, 2.45) is 5.73 Å². The molecule has 84 valence electrons. The van der Waals surface area contributed by atoms with E-state index in [0.717, 1.165) is 17.1 Å². The molecule has 0 radical (unpaired) electrons. The van der Waals surface area contributed by atoms with Gasteiger partial charge in [0.1, 0.15) is 5.82 Å². The number of benzene rings is 1. The summed E-state index contributed by atoms with van der Waals surface area (Å²) in [6.45, 7) is 3.87. The van der Waals surface area contributed by atoms with E-state index in [4.69, 9.17) is 17.3 Å². The van der Waals surface area contributed by atoms with Crippen LogP contribution in [0.4, 0.5) is 0 Å². The number of hydrogen-bond donors (Lipinski definition) is 1. The van der Waals surface area contributed by atoms with Gasteiger partial charge in [0.05, 0.1) is 0 Å². The summed E-state index contributed by atoms with van der Waals surface area (Å²) >= 11 is 6.18. The zero-order chi connectivity index (χ0) is 11.7. The van der Waals surface area contributed by atoms with Gasteiger partial charge in [-0.25, -0.2) is 4.98 Å². The van der Waals surface area contributed by atoms with Crippen molar-refractivity contribution in [2.75, 3.05) is 0 Å². The second-order valence-electron chi connectivity index (χ2n) is 3.84. The van der Waals surface area contributed by atoms with Gasteiger partial charge in [-0.2, -0.15) is 0 Å². The fourth-order valence-electron chi connectivity index (χ4n) is 1.69. The maximum atomic E-state index is 6.18. The third-order valence-electron chi connectivity index (χ3n) is 2.58. The molecule has 1 aromatic carbocycles. The van der Waals surface area contributed by atoms with Gasteiger partial charge < -0.3 is 10.3 Å². The van der Waals surface area contributed by atoms with E-state index in [9.17, 15) is 0 Å². The van der Waals surface area contributed by atoms with Crippen molar-refractivity contribution < 1.29 is 0 Å². The number of imidazole rings is 1. The van der Waals surface area contributed by atoms with Crippen LogP contribution in [0, 0.1) is 6.92 Å². The molecule has 4 heteroatoms. The van der Waals surface area contributed by atoms with Gasteiger partial charge in [-0.1, -0.05) is 17.7 Å². The monoisotopic (exact) mass is 235 g/mol. The van der Waals surface area contributed by atoms with Gasteiger partial charge >= 0.3 is 0 Å². The summed E-state index contributed by atoms with van der Waals surface area (Å²) in [6.07, 6.45) is 3.68. The number of nitrogens with two attached hydrogens (primary N) is 1. The van der Waals surface area contributed by atoms with E-state index in [1.807, 2.05) is 42.8 Å². The number of aromatic nitrogens is 2. The molecule has 2 N–H and O–H groups in total. The lowest BCUT2D eigenvalue weighted by Gasteiger charge is -2.11. The molecule has 1 unspecified atom stereocenters. The Kier molecular flexibility index (Phi) is 2.99. The third kappa shape index (κ3) is 1.96. The molecule has 2 rings (SSSR count). The largest absolute Gasteiger partial charge is 0.324 e. The van der Waals surface area contributed by atoms with Crippen molar-refractivity contribution in [3.05, 3.63) is 47.0 Å². The molecular weight excluding hydrogens is 222 g/mol. The summed E-state index contributed by atoms with van der Waals surface area (Å²) in [7, 11) is 0. The second kappa shape index (κ2) is 4.28. The number of hydrogen-bond acceptors (Lipinski definition) is 2. The van der Waals surface area contributed by atoms with Gasteiger partial charge in [0.2, 0.25) is 0 Å². The highest BCUT2D eigenvalue weighted by molar-refractivity contribution is 6.31. The Hall–Kier alpha value is -1.32. The number of aryl methyl sites for hydroxylation is 1. The van der Waals surface area contributed by atoms with Crippen molar-refractivity contribution in [1.82, 2.24) is 9.55 Å². The fraction of sp³-hybridized carbons (Fsp3) is 0.250. The third-order valence-corrected chi connectivity index (χ3v) is 2.91. The summed E-state index contributed by atoms with van der Waals surface area (Å²) in [4.78, 5) is 4.18. The lowest BCUT2D eigenvalue weighted by Crippen LogP contribution is -2.06. The molecule has 0 aliphatic heterocycles. The Labute approximate surface area is 99.9 Å². The van der Waals surface area contributed by atoms with E-state index in [0.29, 0.717) is 5.02 Å². The minimum atomic E-state index is -0.0505. The van der Waals surface area contributed by atoms with E-state index < -0.39 is 0 Å². The van der Waals surface area contributed by atoms with Crippen LogP contribution in [-0.4, -0.2) is 9.55 Å². The summed E-state index contributed by atoms with van der Waals surface area (Å²) in [5.41, 5.74) is 7.77. The van der Waals surface area contributed by atoms with Crippen molar-refractivity contribution in [1.29, 1.82) is 0 Å². The Balaban J connectivity index is 2.46. The Bertz CT molecular complexity index is 503. The quantitative estimate of drug-likeness (QED) is 0.870. The van der Waals surface area contributed by atoms with Crippen LogP contribution < -0.4 is 5.73 Å². The molecule has 0 bridgehead atoms. The van der Waals surface area contributed by atoms with Gasteiger partial charge in [-0.15, -0.1) is 0 Å². The molecule has 1 heterocycles. The minimum Gasteiger partial charge on any atom is -0.324 e. The van der Waals surface area contributed by atoms with Gasteiger partial charge in [0.15, 0.2) is 0 Å². The van der Waals surface area contributed by atoms with Gasteiger partial charge in [0.25, 0.3) is 0 Å². The van der Waals surface area contributed by atoms with Crippen molar-refractivity contribution >= 4 is 11.6 Å². The highest BCUT2D eigenvalue weighted by Gasteiger charge is 2.07. The molecule has 3 nitrogen and oxygen atoms in total. The lowest BCUT2D eigenvalue weighted by molar-refractivity contribution is 0.817. The van der Waals surface area contributed by atoms with Gasteiger partial charge in [0, 0.05) is 29.1 Å². The van der Waals surface area contributed by atoms with E-state index in [-0.39, 0.29) is 6.04 Å². The first-order valence-corrected chi connectivity index (χ1v) is 5.52. The molecule has 16 heavy (non-hydrogen) atoms. The highest BCUT2D eigenvalue weighted by Crippen LogP contribution is 2.24. The average molecular weight is 236 g/mol. The van der Waals surface area contributed by atoms with Gasteiger partial charge in [-0.05, 0) is 31.5 Å². The fourth-order valence-corrected chi connectivity index (χ4v) is 2.03. The number of rotatable bonds is 2. The maximum Gasteiger partial charge on any atom is 0.110 e. The first kappa shape index (κ1) is 11.2. The Morgan fingerprint density at radius 2 is 2.19 bits per heavy atom. The molecular formula is C12H14ClN3. The van der Waals surface area contributed by atoms with Crippen molar-refractivity contribution in [2.45, 2.75) is 19.9 Å². The maximum absolute atomic E-state index is 6.18. The second-order valence-corrected chi connectivity index (χ2v) is 4.25. The van der Waals surface area contributed by atoms with Crippen LogP contribution in [0.2, 0.25) is 5.02 Å². The molecule has 0 saturated carbocycles. The number of halogens is 1. The van der Waals surface area contributed by atoms with Gasteiger partial charge in [-0.3, -0.25) is 0 Å². The molecule has 0 fully saturated rings. The minimum absolute atomic E-state index is 0.0505.